The molecule has 4 nitrogen and oxygen atoms in total. The maximum atomic E-state index is 11.3. The van der Waals surface area contributed by atoms with Gasteiger partial charge in [-0.05, 0) is 85.3 Å². The van der Waals surface area contributed by atoms with Crippen LogP contribution in [0.3, 0.4) is 0 Å². The molecule has 30 heavy (non-hydrogen) atoms. The molecule has 0 saturated carbocycles. The second-order valence-corrected chi connectivity index (χ2v) is 8.43. The van der Waals surface area contributed by atoms with Crippen LogP contribution in [0, 0.1) is 17.2 Å². The van der Waals surface area contributed by atoms with E-state index in [9.17, 15) is 9.90 Å². The second kappa shape index (κ2) is 9.17. The van der Waals surface area contributed by atoms with Crippen molar-refractivity contribution in [2.75, 3.05) is 18.0 Å². The molecule has 0 aromatic heterocycles. The zero-order valence-electron chi connectivity index (χ0n) is 17.3. The monoisotopic (exact) mass is 400 g/mol. The van der Waals surface area contributed by atoms with Gasteiger partial charge in [0.15, 0.2) is 0 Å². The highest BCUT2D eigenvalue weighted by molar-refractivity contribution is 5.92. The van der Waals surface area contributed by atoms with Gasteiger partial charge in [-0.2, -0.15) is 5.26 Å². The van der Waals surface area contributed by atoms with Crippen molar-refractivity contribution in [2.45, 2.75) is 44.9 Å². The summed E-state index contributed by atoms with van der Waals surface area (Å²) in [6, 6.07) is 10.6. The lowest BCUT2D eigenvalue weighted by molar-refractivity contribution is -0.132. The third kappa shape index (κ3) is 4.57. The number of piperidine rings is 1. The number of nitriles is 1. The summed E-state index contributed by atoms with van der Waals surface area (Å²) in [5.74, 6) is -0.654. The van der Waals surface area contributed by atoms with Crippen LogP contribution in [-0.2, 0) is 4.79 Å². The Hall–Kier alpha value is -3.06. The van der Waals surface area contributed by atoms with Crippen molar-refractivity contribution in [3.05, 3.63) is 70.3 Å². The highest BCUT2D eigenvalue weighted by atomic mass is 16.4. The van der Waals surface area contributed by atoms with Gasteiger partial charge >= 0.3 is 5.97 Å². The maximum Gasteiger partial charge on any atom is 0.346 e. The Morgan fingerprint density at radius 1 is 1.03 bits per heavy atom. The number of hydrogen-bond acceptors (Lipinski definition) is 3. The number of aliphatic carboxylic acids is 1. The minimum absolute atomic E-state index is 0.120. The van der Waals surface area contributed by atoms with E-state index in [1.807, 2.05) is 12.1 Å². The van der Waals surface area contributed by atoms with Gasteiger partial charge in [0, 0.05) is 18.8 Å². The molecule has 3 aliphatic rings. The molecule has 0 radical (unpaired) electrons. The first kappa shape index (κ1) is 20.2. The molecule has 1 fully saturated rings. The molecule has 0 spiro atoms. The molecule has 1 aromatic carbocycles. The van der Waals surface area contributed by atoms with Crippen LogP contribution in [-0.4, -0.2) is 24.2 Å². The van der Waals surface area contributed by atoms with E-state index in [2.05, 4.69) is 47.4 Å². The van der Waals surface area contributed by atoms with Gasteiger partial charge in [0.05, 0.1) is 0 Å². The smallest absolute Gasteiger partial charge is 0.346 e. The number of carboxylic acid groups (broad SMARTS) is 1. The molecule has 0 bridgehead atoms. The van der Waals surface area contributed by atoms with E-state index in [4.69, 9.17) is 5.26 Å². The molecule has 4 heteroatoms. The van der Waals surface area contributed by atoms with Crippen molar-refractivity contribution in [1.82, 2.24) is 0 Å². The lowest BCUT2D eigenvalue weighted by Gasteiger charge is -2.29. The molecular formula is C26H28N2O2. The molecule has 1 saturated heterocycles. The summed E-state index contributed by atoms with van der Waals surface area (Å²) in [6.07, 6.45) is 16.1. The molecule has 1 atom stereocenters. The number of nitrogens with zero attached hydrogens (tertiary/aromatic N) is 2. The third-order valence-electron chi connectivity index (χ3n) is 6.46. The molecule has 1 unspecified atom stereocenters. The first-order chi connectivity index (χ1) is 14.6. The van der Waals surface area contributed by atoms with Crippen LogP contribution in [0.5, 0.6) is 0 Å². The predicted molar refractivity (Wildman–Crippen MR) is 120 cm³/mol. The summed E-state index contributed by atoms with van der Waals surface area (Å²) in [5, 5.41) is 18.4. The topological polar surface area (TPSA) is 64.3 Å². The third-order valence-corrected chi connectivity index (χ3v) is 6.46. The average Bonchev–Trinajstić information content (AvgIpc) is 2.78. The van der Waals surface area contributed by atoms with E-state index in [1.54, 1.807) is 0 Å². The minimum atomic E-state index is -1.13. The summed E-state index contributed by atoms with van der Waals surface area (Å²) in [4.78, 5) is 13.8. The standard InChI is InChI=1S/C26H28N2O2/c27-18-25(26(29)30)22-11-10-21-9-6-20(16-23(21)17-22)5-4-19-7-12-24(13-8-19)28-14-2-1-3-15-28/h4-5,7-8,12-13,16-17,21H,1-3,6,9-11,14-15H2,(H,29,30)/b5-4+,25-22+. The summed E-state index contributed by atoms with van der Waals surface area (Å²) in [7, 11) is 0. The Morgan fingerprint density at radius 2 is 1.77 bits per heavy atom. The molecule has 1 aliphatic heterocycles. The summed E-state index contributed by atoms with van der Waals surface area (Å²) in [6.45, 7) is 2.31. The Labute approximate surface area is 178 Å². The van der Waals surface area contributed by atoms with Gasteiger partial charge in [0.25, 0.3) is 0 Å². The highest BCUT2D eigenvalue weighted by Crippen LogP contribution is 2.38. The SMILES string of the molecule is N#C/C(C(=O)O)=C1\C=C2C=C(/C=C/c3ccc(N4CCCCC4)cc3)CCC2CC1. The predicted octanol–water partition coefficient (Wildman–Crippen LogP) is 5.65. The number of rotatable bonds is 4. The van der Waals surface area contributed by atoms with E-state index in [0.717, 1.165) is 37.9 Å². The van der Waals surface area contributed by atoms with Crippen molar-refractivity contribution in [2.24, 2.45) is 5.92 Å². The molecule has 2 aliphatic carbocycles. The van der Waals surface area contributed by atoms with Crippen LogP contribution < -0.4 is 4.90 Å². The van der Waals surface area contributed by atoms with Gasteiger partial charge in [-0.3, -0.25) is 0 Å². The van der Waals surface area contributed by atoms with Gasteiger partial charge in [-0.1, -0.05) is 36.4 Å². The van der Waals surface area contributed by atoms with E-state index in [-0.39, 0.29) is 5.57 Å². The van der Waals surface area contributed by atoms with Crippen molar-refractivity contribution in [3.8, 4) is 6.07 Å². The number of carboxylic acids is 1. The first-order valence-electron chi connectivity index (χ1n) is 11.0. The van der Waals surface area contributed by atoms with Gasteiger partial charge in [0.1, 0.15) is 11.6 Å². The number of fused-ring (bicyclic) bond motifs is 1. The van der Waals surface area contributed by atoms with Gasteiger partial charge in [-0.25, -0.2) is 4.79 Å². The molecule has 1 heterocycles. The first-order valence-corrected chi connectivity index (χ1v) is 11.0. The molecule has 1 aromatic rings. The van der Waals surface area contributed by atoms with Gasteiger partial charge in [0.2, 0.25) is 0 Å². The van der Waals surface area contributed by atoms with Crippen LogP contribution in [0.15, 0.2) is 64.8 Å². The lowest BCUT2D eigenvalue weighted by atomic mass is 9.76. The van der Waals surface area contributed by atoms with Gasteiger partial charge in [-0.15, -0.1) is 0 Å². The normalized spacial score (nSPS) is 23.3. The fourth-order valence-corrected chi connectivity index (χ4v) is 4.72. The Morgan fingerprint density at radius 3 is 2.47 bits per heavy atom. The van der Waals surface area contributed by atoms with Crippen molar-refractivity contribution in [1.29, 1.82) is 5.26 Å². The Balaban J connectivity index is 1.49. The van der Waals surface area contributed by atoms with Crippen LogP contribution in [0.4, 0.5) is 5.69 Å². The lowest BCUT2D eigenvalue weighted by Crippen LogP contribution is -2.29. The number of allylic oxidation sites excluding steroid dienone is 6. The Bertz CT molecular complexity index is 967. The summed E-state index contributed by atoms with van der Waals surface area (Å²) >= 11 is 0. The van der Waals surface area contributed by atoms with E-state index in [1.165, 1.54) is 36.1 Å². The molecule has 4 rings (SSSR count). The van der Waals surface area contributed by atoms with Crippen LogP contribution >= 0.6 is 0 Å². The largest absolute Gasteiger partial charge is 0.477 e. The van der Waals surface area contributed by atoms with E-state index in [0.29, 0.717) is 17.9 Å². The van der Waals surface area contributed by atoms with Crippen LogP contribution in [0.1, 0.15) is 50.5 Å². The van der Waals surface area contributed by atoms with Crippen LogP contribution in [0.2, 0.25) is 0 Å². The fourth-order valence-electron chi connectivity index (χ4n) is 4.72. The Kier molecular flexibility index (Phi) is 6.18. The van der Waals surface area contributed by atoms with E-state index >= 15 is 0 Å². The summed E-state index contributed by atoms with van der Waals surface area (Å²) < 4.78 is 0. The highest BCUT2D eigenvalue weighted by Gasteiger charge is 2.25. The van der Waals surface area contributed by atoms with Crippen molar-refractivity contribution in [3.63, 3.8) is 0 Å². The molecule has 1 N–H and O–H groups in total. The minimum Gasteiger partial charge on any atom is -0.477 e. The fraction of sp³-hybridized carbons (Fsp3) is 0.385. The van der Waals surface area contributed by atoms with E-state index < -0.39 is 5.97 Å². The van der Waals surface area contributed by atoms with Gasteiger partial charge < -0.3 is 10.0 Å². The average molecular weight is 401 g/mol. The number of anilines is 1. The van der Waals surface area contributed by atoms with Crippen molar-refractivity contribution >= 4 is 17.7 Å². The van der Waals surface area contributed by atoms with Crippen LogP contribution in [0.25, 0.3) is 6.08 Å². The maximum absolute atomic E-state index is 11.3. The van der Waals surface area contributed by atoms with Crippen molar-refractivity contribution < 1.29 is 9.90 Å². The number of hydrogen-bond donors (Lipinski definition) is 1. The summed E-state index contributed by atoms with van der Waals surface area (Å²) in [5.41, 5.74) is 5.46. The number of benzene rings is 1. The molecule has 154 valence electrons. The molecular weight excluding hydrogens is 372 g/mol. The zero-order valence-corrected chi connectivity index (χ0v) is 17.3. The zero-order chi connectivity index (χ0) is 20.9. The number of carbonyl (C=O) groups is 1. The quantitative estimate of drug-likeness (QED) is 0.524. The second-order valence-electron chi connectivity index (χ2n) is 8.43. The molecule has 0 amide bonds.